The SMILES string of the molecule is CSc1ccccc1NCc1ccc(C(N)=O)cc1C. The van der Waals surface area contributed by atoms with Crippen LogP contribution in [0.25, 0.3) is 0 Å². The molecule has 0 heterocycles. The maximum Gasteiger partial charge on any atom is 0.248 e. The van der Waals surface area contributed by atoms with Crippen molar-refractivity contribution in [1.82, 2.24) is 0 Å². The molecule has 3 nitrogen and oxygen atoms in total. The first-order valence-corrected chi connectivity index (χ1v) is 7.60. The fourth-order valence-electron chi connectivity index (χ4n) is 2.03. The van der Waals surface area contributed by atoms with E-state index in [4.69, 9.17) is 5.73 Å². The number of carbonyl (C=O) groups is 1. The highest BCUT2D eigenvalue weighted by atomic mass is 32.2. The number of para-hydroxylation sites is 1. The molecular formula is C16H18N2OS. The van der Waals surface area contributed by atoms with Gasteiger partial charge in [-0.1, -0.05) is 18.2 Å². The number of thioether (sulfide) groups is 1. The van der Waals surface area contributed by atoms with Crippen LogP contribution in [0.15, 0.2) is 47.4 Å². The summed E-state index contributed by atoms with van der Waals surface area (Å²) >= 11 is 1.72. The number of nitrogens with one attached hydrogen (secondary N) is 1. The fourth-order valence-corrected chi connectivity index (χ4v) is 2.60. The average Bonchev–Trinajstić information content (AvgIpc) is 2.46. The van der Waals surface area contributed by atoms with Gasteiger partial charge in [0.1, 0.15) is 0 Å². The monoisotopic (exact) mass is 286 g/mol. The van der Waals surface area contributed by atoms with Crippen LogP contribution < -0.4 is 11.1 Å². The van der Waals surface area contributed by atoms with Gasteiger partial charge in [-0.25, -0.2) is 0 Å². The average molecular weight is 286 g/mol. The van der Waals surface area contributed by atoms with Crippen LogP contribution in [0.1, 0.15) is 21.5 Å². The Morgan fingerprint density at radius 2 is 2.00 bits per heavy atom. The molecule has 0 radical (unpaired) electrons. The standard InChI is InChI=1S/C16H18N2OS/c1-11-9-12(16(17)19)7-8-13(11)10-18-14-5-3-4-6-15(14)20-2/h3-9,18H,10H2,1-2H3,(H2,17,19). The molecule has 0 aliphatic rings. The van der Waals surface area contributed by atoms with E-state index in [1.807, 2.05) is 31.2 Å². The summed E-state index contributed by atoms with van der Waals surface area (Å²) in [7, 11) is 0. The number of hydrogen-bond donors (Lipinski definition) is 2. The van der Waals surface area contributed by atoms with Gasteiger partial charge in [0.2, 0.25) is 5.91 Å². The summed E-state index contributed by atoms with van der Waals surface area (Å²) in [5.41, 5.74) is 9.18. The normalized spacial score (nSPS) is 10.3. The third kappa shape index (κ3) is 3.33. The number of rotatable bonds is 5. The Balaban J connectivity index is 2.13. The molecule has 2 aromatic rings. The Bertz CT molecular complexity index is 626. The second-order valence-corrected chi connectivity index (χ2v) is 5.41. The van der Waals surface area contributed by atoms with Crippen molar-refractivity contribution in [2.45, 2.75) is 18.4 Å². The van der Waals surface area contributed by atoms with Crippen LogP contribution in [-0.4, -0.2) is 12.2 Å². The maximum absolute atomic E-state index is 11.1. The summed E-state index contributed by atoms with van der Waals surface area (Å²) in [6.45, 7) is 2.71. The summed E-state index contributed by atoms with van der Waals surface area (Å²) in [6.07, 6.45) is 2.06. The van der Waals surface area contributed by atoms with E-state index in [-0.39, 0.29) is 5.91 Å². The van der Waals surface area contributed by atoms with Gasteiger partial charge in [0.25, 0.3) is 0 Å². The lowest BCUT2D eigenvalue weighted by Gasteiger charge is -2.12. The molecule has 0 aromatic heterocycles. The van der Waals surface area contributed by atoms with Gasteiger partial charge in [-0.3, -0.25) is 4.79 Å². The Kier molecular flexibility index (Phi) is 4.69. The van der Waals surface area contributed by atoms with Gasteiger partial charge in [0.05, 0.1) is 0 Å². The molecule has 4 heteroatoms. The minimum absolute atomic E-state index is 0.389. The number of anilines is 1. The van der Waals surface area contributed by atoms with Gasteiger partial charge in [0, 0.05) is 22.7 Å². The van der Waals surface area contributed by atoms with Crippen molar-refractivity contribution < 1.29 is 4.79 Å². The molecule has 0 fully saturated rings. The van der Waals surface area contributed by atoms with Crippen LogP contribution >= 0.6 is 11.8 Å². The van der Waals surface area contributed by atoms with Crippen LogP contribution in [0.2, 0.25) is 0 Å². The fraction of sp³-hybridized carbons (Fsp3) is 0.188. The Morgan fingerprint density at radius 1 is 1.25 bits per heavy atom. The molecule has 0 unspecified atom stereocenters. The quantitative estimate of drug-likeness (QED) is 0.828. The molecule has 0 aliphatic carbocycles. The Hall–Kier alpha value is -1.94. The largest absolute Gasteiger partial charge is 0.380 e. The molecule has 0 spiro atoms. The van der Waals surface area contributed by atoms with Crippen LogP contribution in [0.4, 0.5) is 5.69 Å². The molecule has 0 atom stereocenters. The van der Waals surface area contributed by atoms with E-state index in [0.717, 1.165) is 23.4 Å². The van der Waals surface area contributed by atoms with Crippen LogP contribution in [-0.2, 0) is 6.54 Å². The zero-order chi connectivity index (χ0) is 14.5. The molecule has 20 heavy (non-hydrogen) atoms. The van der Waals surface area contributed by atoms with Gasteiger partial charge in [-0.15, -0.1) is 11.8 Å². The van der Waals surface area contributed by atoms with Gasteiger partial charge >= 0.3 is 0 Å². The molecular weight excluding hydrogens is 268 g/mol. The smallest absolute Gasteiger partial charge is 0.248 e. The Morgan fingerprint density at radius 3 is 2.65 bits per heavy atom. The van der Waals surface area contributed by atoms with E-state index in [1.165, 1.54) is 4.90 Å². The highest BCUT2D eigenvalue weighted by Gasteiger charge is 2.05. The van der Waals surface area contributed by atoms with Crippen molar-refractivity contribution in [3.63, 3.8) is 0 Å². The molecule has 0 bridgehead atoms. The molecule has 2 aromatic carbocycles. The van der Waals surface area contributed by atoms with Gasteiger partial charge in [-0.2, -0.15) is 0 Å². The maximum atomic E-state index is 11.1. The third-order valence-corrected chi connectivity index (χ3v) is 4.00. The predicted octanol–water partition coefficient (Wildman–Crippen LogP) is 3.43. The van der Waals surface area contributed by atoms with Crippen molar-refractivity contribution in [3.8, 4) is 0 Å². The lowest BCUT2D eigenvalue weighted by molar-refractivity contribution is 0.1000. The number of aryl methyl sites for hydroxylation is 1. The summed E-state index contributed by atoms with van der Waals surface area (Å²) < 4.78 is 0. The molecule has 2 rings (SSSR count). The zero-order valence-corrected chi connectivity index (χ0v) is 12.5. The summed E-state index contributed by atoms with van der Waals surface area (Å²) in [6, 6.07) is 13.8. The first-order valence-electron chi connectivity index (χ1n) is 6.38. The highest BCUT2D eigenvalue weighted by molar-refractivity contribution is 7.98. The van der Waals surface area contributed by atoms with Crippen LogP contribution in [0.3, 0.4) is 0 Å². The van der Waals surface area contributed by atoms with Gasteiger partial charge in [0.15, 0.2) is 0 Å². The van der Waals surface area contributed by atoms with E-state index in [1.54, 1.807) is 17.8 Å². The van der Waals surface area contributed by atoms with Crippen molar-refractivity contribution in [2.24, 2.45) is 5.73 Å². The minimum Gasteiger partial charge on any atom is -0.380 e. The van der Waals surface area contributed by atoms with E-state index in [9.17, 15) is 4.79 Å². The zero-order valence-electron chi connectivity index (χ0n) is 11.6. The molecule has 104 valence electrons. The predicted molar refractivity (Wildman–Crippen MR) is 85.2 cm³/mol. The number of primary amides is 1. The van der Waals surface area contributed by atoms with E-state index in [0.29, 0.717) is 5.56 Å². The van der Waals surface area contributed by atoms with E-state index in [2.05, 4.69) is 23.7 Å². The second kappa shape index (κ2) is 6.48. The lowest BCUT2D eigenvalue weighted by atomic mass is 10.0. The highest BCUT2D eigenvalue weighted by Crippen LogP contribution is 2.25. The van der Waals surface area contributed by atoms with Crippen LogP contribution in [0.5, 0.6) is 0 Å². The first-order chi connectivity index (χ1) is 9.61. The Labute approximate surface area is 123 Å². The van der Waals surface area contributed by atoms with Crippen molar-refractivity contribution in [1.29, 1.82) is 0 Å². The third-order valence-electron chi connectivity index (χ3n) is 3.20. The second-order valence-electron chi connectivity index (χ2n) is 4.56. The minimum atomic E-state index is -0.389. The summed E-state index contributed by atoms with van der Waals surface area (Å²) in [4.78, 5) is 12.4. The molecule has 0 aliphatic heterocycles. The summed E-state index contributed by atoms with van der Waals surface area (Å²) in [5, 5.41) is 3.43. The van der Waals surface area contributed by atoms with Gasteiger partial charge < -0.3 is 11.1 Å². The summed E-state index contributed by atoms with van der Waals surface area (Å²) in [5.74, 6) is -0.389. The topological polar surface area (TPSA) is 55.1 Å². The number of carbonyl (C=O) groups excluding carboxylic acids is 1. The number of hydrogen-bond acceptors (Lipinski definition) is 3. The van der Waals surface area contributed by atoms with E-state index < -0.39 is 0 Å². The molecule has 0 saturated carbocycles. The van der Waals surface area contributed by atoms with Crippen molar-refractivity contribution in [3.05, 3.63) is 59.2 Å². The first kappa shape index (κ1) is 14.5. The number of amides is 1. The van der Waals surface area contributed by atoms with E-state index >= 15 is 0 Å². The lowest BCUT2D eigenvalue weighted by Crippen LogP contribution is -2.11. The van der Waals surface area contributed by atoms with Crippen molar-refractivity contribution >= 4 is 23.4 Å². The number of nitrogens with two attached hydrogens (primary N) is 1. The molecule has 1 amide bonds. The number of benzene rings is 2. The molecule has 3 N–H and O–H groups in total. The van der Waals surface area contributed by atoms with Crippen molar-refractivity contribution in [2.75, 3.05) is 11.6 Å². The van der Waals surface area contributed by atoms with Crippen LogP contribution in [0, 0.1) is 6.92 Å². The molecule has 0 saturated heterocycles. The van der Waals surface area contributed by atoms with Gasteiger partial charge in [-0.05, 0) is 48.6 Å².